The van der Waals surface area contributed by atoms with Crippen molar-refractivity contribution in [1.82, 2.24) is 15.0 Å². The molecule has 1 aromatic rings. The zero-order chi connectivity index (χ0) is 16.9. The predicted octanol–water partition coefficient (Wildman–Crippen LogP) is 2.81. The maximum atomic E-state index is 12.6. The Hall–Kier alpha value is -1.43. The highest BCUT2D eigenvalue weighted by molar-refractivity contribution is 5.77. The van der Waals surface area contributed by atoms with E-state index in [1.54, 1.807) is 6.92 Å². The molecule has 2 heterocycles. The van der Waals surface area contributed by atoms with Gasteiger partial charge in [-0.25, -0.2) is 0 Å². The van der Waals surface area contributed by atoms with E-state index in [1.807, 2.05) is 18.7 Å². The van der Waals surface area contributed by atoms with E-state index in [0.29, 0.717) is 31.1 Å². The SMILES string of the molecule is CCCC(O)(CCC)CC(=O)N1CCCC(c2nc(C)no2)C1. The van der Waals surface area contributed by atoms with Gasteiger partial charge in [0.1, 0.15) is 0 Å². The Morgan fingerprint density at radius 1 is 1.39 bits per heavy atom. The van der Waals surface area contributed by atoms with Crippen LogP contribution in [0.4, 0.5) is 0 Å². The summed E-state index contributed by atoms with van der Waals surface area (Å²) in [5, 5.41) is 14.6. The number of carbonyl (C=O) groups is 1. The van der Waals surface area contributed by atoms with Crippen LogP contribution in [0.2, 0.25) is 0 Å². The van der Waals surface area contributed by atoms with Gasteiger partial charge in [-0.3, -0.25) is 4.79 Å². The fourth-order valence-corrected chi connectivity index (χ4v) is 3.51. The summed E-state index contributed by atoms with van der Waals surface area (Å²) in [4.78, 5) is 18.8. The molecule has 1 unspecified atom stereocenters. The van der Waals surface area contributed by atoms with Gasteiger partial charge in [0, 0.05) is 13.1 Å². The van der Waals surface area contributed by atoms with Crippen molar-refractivity contribution in [3.63, 3.8) is 0 Å². The summed E-state index contributed by atoms with van der Waals surface area (Å²) < 4.78 is 5.26. The van der Waals surface area contributed by atoms with E-state index >= 15 is 0 Å². The molecule has 1 amide bonds. The average molecular weight is 323 g/mol. The third kappa shape index (κ3) is 4.77. The first-order chi connectivity index (χ1) is 11.0. The maximum absolute atomic E-state index is 12.6. The lowest BCUT2D eigenvalue weighted by atomic mass is 9.88. The minimum absolute atomic E-state index is 0.0373. The van der Waals surface area contributed by atoms with Gasteiger partial charge in [0.2, 0.25) is 11.8 Å². The van der Waals surface area contributed by atoms with E-state index in [-0.39, 0.29) is 18.2 Å². The van der Waals surface area contributed by atoms with Gasteiger partial charge in [0.25, 0.3) is 0 Å². The Balaban J connectivity index is 1.98. The number of rotatable bonds is 7. The van der Waals surface area contributed by atoms with Crippen LogP contribution in [0, 0.1) is 6.92 Å². The number of aryl methyl sites for hydroxylation is 1. The topological polar surface area (TPSA) is 79.5 Å². The van der Waals surface area contributed by atoms with Gasteiger partial charge >= 0.3 is 0 Å². The number of piperidine rings is 1. The first-order valence-corrected chi connectivity index (χ1v) is 8.77. The van der Waals surface area contributed by atoms with Gasteiger partial charge in [0.05, 0.1) is 17.9 Å². The van der Waals surface area contributed by atoms with Crippen LogP contribution in [0.15, 0.2) is 4.52 Å². The number of aliphatic hydroxyl groups is 1. The lowest BCUT2D eigenvalue weighted by Crippen LogP contribution is -2.43. The molecule has 0 spiro atoms. The van der Waals surface area contributed by atoms with Crippen LogP contribution >= 0.6 is 0 Å². The molecule has 0 aromatic carbocycles. The number of amides is 1. The molecule has 1 saturated heterocycles. The lowest BCUT2D eigenvalue weighted by Gasteiger charge is -2.34. The van der Waals surface area contributed by atoms with Gasteiger partial charge in [-0.15, -0.1) is 0 Å². The number of aromatic nitrogens is 2. The summed E-state index contributed by atoms with van der Waals surface area (Å²) in [7, 11) is 0. The highest BCUT2D eigenvalue weighted by Gasteiger charge is 2.33. The summed E-state index contributed by atoms with van der Waals surface area (Å²) in [6.07, 6.45) is 5.21. The molecule has 0 aliphatic carbocycles. The smallest absolute Gasteiger partial charge is 0.231 e. The summed E-state index contributed by atoms with van der Waals surface area (Å²) >= 11 is 0. The molecule has 1 fully saturated rings. The van der Waals surface area contributed by atoms with Crippen molar-refractivity contribution in [3.05, 3.63) is 11.7 Å². The van der Waals surface area contributed by atoms with Crippen molar-refractivity contribution in [2.45, 2.75) is 77.2 Å². The van der Waals surface area contributed by atoms with Crippen molar-refractivity contribution < 1.29 is 14.4 Å². The number of likely N-dealkylation sites (tertiary alicyclic amines) is 1. The molecule has 1 aliphatic heterocycles. The highest BCUT2D eigenvalue weighted by Crippen LogP contribution is 2.29. The normalized spacial score (nSPS) is 19.1. The number of carbonyl (C=O) groups excluding carboxylic acids is 1. The molecule has 130 valence electrons. The Labute approximate surface area is 138 Å². The Kier molecular flexibility index (Phi) is 6.16. The predicted molar refractivity (Wildman–Crippen MR) is 87.0 cm³/mol. The molecule has 23 heavy (non-hydrogen) atoms. The third-order valence-corrected chi connectivity index (χ3v) is 4.58. The van der Waals surface area contributed by atoms with Crippen LogP contribution in [0.3, 0.4) is 0 Å². The lowest BCUT2D eigenvalue weighted by molar-refractivity contribution is -0.138. The molecule has 1 aromatic heterocycles. The van der Waals surface area contributed by atoms with Crippen molar-refractivity contribution in [1.29, 1.82) is 0 Å². The van der Waals surface area contributed by atoms with Gasteiger partial charge in [-0.1, -0.05) is 31.8 Å². The molecule has 1 aliphatic rings. The zero-order valence-electron chi connectivity index (χ0n) is 14.5. The second kappa shape index (κ2) is 7.90. The van der Waals surface area contributed by atoms with Crippen LogP contribution in [-0.2, 0) is 4.79 Å². The largest absolute Gasteiger partial charge is 0.389 e. The molecule has 1 atom stereocenters. The molecule has 0 bridgehead atoms. The van der Waals surface area contributed by atoms with E-state index in [2.05, 4.69) is 10.1 Å². The van der Waals surface area contributed by atoms with Gasteiger partial charge in [-0.2, -0.15) is 4.98 Å². The van der Waals surface area contributed by atoms with E-state index in [0.717, 1.165) is 32.2 Å². The molecule has 6 nitrogen and oxygen atoms in total. The van der Waals surface area contributed by atoms with E-state index in [9.17, 15) is 9.90 Å². The van der Waals surface area contributed by atoms with Crippen molar-refractivity contribution in [3.8, 4) is 0 Å². The maximum Gasteiger partial charge on any atom is 0.231 e. The van der Waals surface area contributed by atoms with Crippen molar-refractivity contribution in [2.24, 2.45) is 0 Å². The van der Waals surface area contributed by atoms with Gasteiger partial charge in [-0.05, 0) is 32.6 Å². The number of nitrogens with zero attached hydrogens (tertiary/aromatic N) is 3. The zero-order valence-corrected chi connectivity index (χ0v) is 14.5. The second-order valence-corrected chi connectivity index (χ2v) is 6.76. The Morgan fingerprint density at radius 2 is 2.09 bits per heavy atom. The Morgan fingerprint density at radius 3 is 2.65 bits per heavy atom. The summed E-state index contributed by atoms with van der Waals surface area (Å²) in [6, 6.07) is 0. The number of hydrogen-bond donors (Lipinski definition) is 1. The van der Waals surface area contributed by atoms with Crippen molar-refractivity contribution >= 4 is 5.91 Å². The minimum Gasteiger partial charge on any atom is -0.389 e. The van der Waals surface area contributed by atoms with E-state index < -0.39 is 5.60 Å². The molecular formula is C17H29N3O3. The minimum atomic E-state index is -0.866. The van der Waals surface area contributed by atoms with Gasteiger partial charge in [0.15, 0.2) is 5.82 Å². The summed E-state index contributed by atoms with van der Waals surface area (Å²) in [6.45, 7) is 7.24. The van der Waals surface area contributed by atoms with Crippen LogP contribution in [0.1, 0.15) is 76.4 Å². The van der Waals surface area contributed by atoms with E-state index in [4.69, 9.17) is 4.52 Å². The van der Waals surface area contributed by atoms with Crippen molar-refractivity contribution in [2.75, 3.05) is 13.1 Å². The first kappa shape index (κ1) is 17.9. The monoisotopic (exact) mass is 323 g/mol. The van der Waals surface area contributed by atoms with Crippen LogP contribution in [0.25, 0.3) is 0 Å². The van der Waals surface area contributed by atoms with Crippen LogP contribution in [-0.4, -0.2) is 44.7 Å². The van der Waals surface area contributed by atoms with Crippen LogP contribution < -0.4 is 0 Å². The van der Waals surface area contributed by atoms with Gasteiger partial charge < -0.3 is 14.5 Å². The quantitative estimate of drug-likeness (QED) is 0.834. The molecule has 6 heteroatoms. The fraction of sp³-hybridized carbons (Fsp3) is 0.824. The molecule has 1 N–H and O–H groups in total. The first-order valence-electron chi connectivity index (χ1n) is 8.77. The summed E-state index contributed by atoms with van der Waals surface area (Å²) in [5.74, 6) is 1.40. The molecule has 2 rings (SSSR count). The third-order valence-electron chi connectivity index (χ3n) is 4.58. The van der Waals surface area contributed by atoms with Crippen LogP contribution in [0.5, 0.6) is 0 Å². The standard InChI is InChI=1S/C17H29N3O3/c1-4-8-17(22,9-5-2)11-15(21)20-10-6-7-14(12-20)16-18-13(3)19-23-16/h14,22H,4-12H2,1-3H3. The molecule has 0 saturated carbocycles. The number of hydrogen-bond acceptors (Lipinski definition) is 5. The highest BCUT2D eigenvalue weighted by atomic mass is 16.5. The average Bonchev–Trinajstić information content (AvgIpc) is 2.94. The summed E-state index contributed by atoms with van der Waals surface area (Å²) in [5.41, 5.74) is -0.866. The Bertz CT molecular complexity index is 509. The second-order valence-electron chi connectivity index (χ2n) is 6.76. The fourth-order valence-electron chi connectivity index (χ4n) is 3.51. The molecule has 0 radical (unpaired) electrons. The molecular weight excluding hydrogens is 294 g/mol. The van der Waals surface area contributed by atoms with E-state index in [1.165, 1.54) is 0 Å².